The molecule has 3 rings (SSSR count). The second-order valence-electron chi connectivity index (χ2n) is 6.89. The lowest BCUT2D eigenvalue weighted by Crippen LogP contribution is -2.52. The van der Waals surface area contributed by atoms with E-state index >= 15 is 0 Å². The fourth-order valence-corrected chi connectivity index (χ4v) is 3.95. The van der Waals surface area contributed by atoms with Crippen molar-refractivity contribution in [2.24, 2.45) is 0 Å². The number of carbonyl (C=O) groups excluding carboxylic acids is 2. The first-order chi connectivity index (χ1) is 15.3. The Labute approximate surface area is 190 Å². The molecule has 1 aromatic heterocycles. The number of hydrogen-bond donors (Lipinski definition) is 4. The van der Waals surface area contributed by atoms with Gasteiger partial charge in [-0.3, -0.25) is 4.79 Å². The van der Waals surface area contributed by atoms with Crippen LogP contribution in [0.3, 0.4) is 0 Å². The highest BCUT2D eigenvalue weighted by atomic mass is 35.5. The van der Waals surface area contributed by atoms with E-state index in [1.165, 1.54) is 24.3 Å². The third kappa shape index (κ3) is 6.82. The zero-order chi connectivity index (χ0) is 23.0. The van der Waals surface area contributed by atoms with Crippen LogP contribution in [0, 0.1) is 0 Å². The summed E-state index contributed by atoms with van der Waals surface area (Å²) in [7, 11) is -4.13. The minimum atomic E-state index is -4.13. The number of hydrogen-bond acceptors (Lipinski definition) is 5. The molecule has 0 aliphatic carbocycles. The normalized spacial score (nSPS) is 12.0. The Morgan fingerprint density at radius 1 is 1.06 bits per heavy atom. The summed E-state index contributed by atoms with van der Waals surface area (Å²) in [6, 6.07) is 12.5. The van der Waals surface area contributed by atoms with Crippen LogP contribution in [-0.2, 0) is 27.7 Å². The predicted octanol–water partition coefficient (Wildman–Crippen LogP) is 2.02. The molecule has 11 heteroatoms. The van der Waals surface area contributed by atoms with Crippen LogP contribution < -0.4 is 15.4 Å². The number of aromatic amines is 1. The van der Waals surface area contributed by atoms with Crippen LogP contribution >= 0.6 is 11.6 Å². The molecule has 0 fully saturated rings. The molecule has 0 unspecified atom stereocenters. The summed E-state index contributed by atoms with van der Waals surface area (Å²) < 4.78 is 26.8. The Morgan fingerprint density at radius 2 is 1.78 bits per heavy atom. The summed E-state index contributed by atoms with van der Waals surface area (Å²) in [6.45, 7) is 0.318. The maximum Gasteiger partial charge on any atom is 0.329 e. The summed E-state index contributed by atoms with van der Waals surface area (Å²) in [6.07, 6.45) is 3.91. The van der Waals surface area contributed by atoms with Crippen molar-refractivity contribution in [3.05, 3.63) is 83.4 Å². The fourth-order valence-electron chi connectivity index (χ4n) is 2.91. The highest BCUT2D eigenvalue weighted by Gasteiger charge is 2.24. The molecule has 32 heavy (non-hydrogen) atoms. The fraction of sp³-hybridized carbons (Fsp3) is 0.190. The highest BCUT2D eigenvalue weighted by Crippen LogP contribution is 2.13. The third-order valence-corrected chi connectivity index (χ3v) is 6.10. The molecule has 0 radical (unpaired) electrons. The minimum absolute atomic E-state index is 0.124. The van der Waals surface area contributed by atoms with E-state index in [1.54, 1.807) is 12.5 Å². The number of halogens is 1. The molecule has 0 saturated carbocycles. The van der Waals surface area contributed by atoms with Crippen LogP contribution in [0.2, 0.25) is 5.02 Å². The quantitative estimate of drug-likeness (QED) is 0.376. The van der Waals surface area contributed by atoms with Gasteiger partial charge in [0.2, 0.25) is 5.91 Å². The van der Waals surface area contributed by atoms with Gasteiger partial charge >= 0.3 is 6.03 Å². The van der Waals surface area contributed by atoms with Crippen LogP contribution in [0.5, 0.6) is 0 Å². The minimum Gasteiger partial charge on any atom is -0.354 e. The first kappa shape index (κ1) is 23.3. The Bertz CT molecular complexity index is 1140. The van der Waals surface area contributed by atoms with Crippen LogP contribution in [0.4, 0.5) is 4.79 Å². The number of urea groups is 1. The predicted molar refractivity (Wildman–Crippen MR) is 120 cm³/mol. The Morgan fingerprint density at radius 3 is 2.44 bits per heavy atom. The standard InChI is InChI=1S/C21H22ClN5O4S/c22-16-6-8-18(9-7-16)32(30,31)27-21(29)26-19(12-15-4-2-1-3-5-15)20(28)24-11-10-17-13-23-14-25-17/h1-9,13-14,19H,10-12H2,(H,23,25)(H,24,28)(H2,26,27,29)/t19-/m0/s1. The van der Waals surface area contributed by atoms with E-state index in [4.69, 9.17) is 11.6 Å². The van der Waals surface area contributed by atoms with Gasteiger partial charge in [0, 0.05) is 36.3 Å². The number of sulfonamides is 1. The summed E-state index contributed by atoms with van der Waals surface area (Å²) in [4.78, 5) is 31.9. The van der Waals surface area contributed by atoms with Crippen molar-refractivity contribution in [3.8, 4) is 0 Å². The topological polar surface area (TPSA) is 133 Å². The first-order valence-corrected chi connectivity index (χ1v) is 11.6. The Balaban J connectivity index is 1.65. The van der Waals surface area contributed by atoms with Crippen LogP contribution in [0.25, 0.3) is 0 Å². The number of rotatable bonds is 9. The molecular formula is C21H22ClN5O4S. The van der Waals surface area contributed by atoms with Gasteiger partial charge in [0.25, 0.3) is 10.0 Å². The monoisotopic (exact) mass is 475 g/mol. The second kappa shape index (κ2) is 10.8. The number of carbonyl (C=O) groups is 2. The van der Waals surface area contributed by atoms with Gasteiger partial charge < -0.3 is 15.6 Å². The SMILES string of the molecule is O=C(N[C@@H](Cc1ccccc1)C(=O)NCCc1cnc[nH]1)NS(=O)(=O)c1ccc(Cl)cc1. The lowest BCUT2D eigenvalue weighted by molar-refractivity contribution is -0.122. The summed E-state index contributed by atoms with van der Waals surface area (Å²) >= 11 is 5.78. The van der Waals surface area contributed by atoms with Crippen molar-refractivity contribution < 1.29 is 18.0 Å². The lowest BCUT2D eigenvalue weighted by atomic mass is 10.1. The molecule has 3 amide bonds. The molecule has 0 aliphatic heterocycles. The molecule has 0 aliphatic rings. The summed E-state index contributed by atoms with van der Waals surface area (Å²) in [5.74, 6) is -0.438. The third-order valence-electron chi connectivity index (χ3n) is 4.50. The average molecular weight is 476 g/mol. The number of nitrogens with zero attached hydrogens (tertiary/aromatic N) is 1. The van der Waals surface area contributed by atoms with E-state index in [0.29, 0.717) is 18.0 Å². The van der Waals surface area contributed by atoms with Crippen molar-refractivity contribution in [1.82, 2.24) is 25.3 Å². The van der Waals surface area contributed by atoms with Gasteiger partial charge in [0.1, 0.15) is 6.04 Å². The van der Waals surface area contributed by atoms with Crippen LogP contribution in [0.15, 0.2) is 72.0 Å². The largest absolute Gasteiger partial charge is 0.354 e. The van der Waals surface area contributed by atoms with E-state index < -0.39 is 28.0 Å². The maximum atomic E-state index is 12.7. The van der Waals surface area contributed by atoms with E-state index in [9.17, 15) is 18.0 Å². The Kier molecular flexibility index (Phi) is 7.85. The van der Waals surface area contributed by atoms with Gasteiger partial charge in [-0.1, -0.05) is 41.9 Å². The molecule has 2 aromatic carbocycles. The smallest absolute Gasteiger partial charge is 0.329 e. The Hall–Kier alpha value is -3.37. The van der Waals surface area contributed by atoms with Gasteiger partial charge in [-0.2, -0.15) is 0 Å². The van der Waals surface area contributed by atoms with Crippen molar-refractivity contribution in [3.63, 3.8) is 0 Å². The van der Waals surface area contributed by atoms with E-state index in [2.05, 4.69) is 20.6 Å². The number of benzene rings is 2. The summed E-state index contributed by atoms with van der Waals surface area (Å²) in [5, 5.41) is 5.58. The molecule has 168 valence electrons. The van der Waals surface area contributed by atoms with Crippen molar-refractivity contribution >= 4 is 33.6 Å². The van der Waals surface area contributed by atoms with E-state index in [-0.39, 0.29) is 11.3 Å². The molecule has 9 nitrogen and oxygen atoms in total. The molecule has 1 atom stereocenters. The van der Waals surface area contributed by atoms with Gasteiger partial charge in [-0.25, -0.2) is 22.9 Å². The number of nitrogens with one attached hydrogen (secondary N) is 4. The van der Waals surface area contributed by atoms with E-state index in [0.717, 1.165) is 11.3 Å². The molecular weight excluding hydrogens is 454 g/mol. The van der Waals surface area contributed by atoms with Crippen molar-refractivity contribution in [2.75, 3.05) is 6.54 Å². The second-order valence-corrected chi connectivity index (χ2v) is 9.01. The van der Waals surface area contributed by atoms with Crippen LogP contribution in [-0.4, -0.2) is 42.9 Å². The van der Waals surface area contributed by atoms with Gasteiger partial charge in [-0.05, 0) is 29.8 Å². The number of imidazole rings is 1. The van der Waals surface area contributed by atoms with Crippen LogP contribution in [0.1, 0.15) is 11.3 Å². The maximum absolute atomic E-state index is 12.7. The van der Waals surface area contributed by atoms with Crippen molar-refractivity contribution in [1.29, 1.82) is 0 Å². The average Bonchev–Trinajstić information content (AvgIpc) is 3.27. The number of amides is 3. The highest BCUT2D eigenvalue weighted by molar-refractivity contribution is 7.90. The summed E-state index contributed by atoms with van der Waals surface area (Å²) in [5.41, 5.74) is 1.66. The van der Waals surface area contributed by atoms with Gasteiger partial charge in [0.05, 0.1) is 11.2 Å². The van der Waals surface area contributed by atoms with Gasteiger partial charge in [-0.15, -0.1) is 0 Å². The number of aromatic nitrogens is 2. The molecule has 4 N–H and O–H groups in total. The number of H-pyrrole nitrogens is 1. The van der Waals surface area contributed by atoms with E-state index in [1.807, 2.05) is 35.1 Å². The molecule has 0 bridgehead atoms. The molecule has 3 aromatic rings. The molecule has 1 heterocycles. The first-order valence-electron chi connectivity index (χ1n) is 9.71. The van der Waals surface area contributed by atoms with Gasteiger partial charge in [0.15, 0.2) is 0 Å². The molecule has 0 saturated heterocycles. The lowest BCUT2D eigenvalue weighted by Gasteiger charge is -2.19. The zero-order valence-corrected chi connectivity index (χ0v) is 18.5. The molecule has 0 spiro atoms. The van der Waals surface area contributed by atoms with Crippen molar-refractivity contribution in [2.45, 2.75) is 23.8 Å². The zero-order valence-electron chi connectivity index (χ0n) is 16.9.